The maximum Gasteiger partial charge on any atom is 0.302 e. The van der Waals surface area contributed by atoms with Gasteiger partial charge in [0.1, 0.15) is 31.0 Å². The van der Waals surface area contributed by atoms with E-state index in [1.165, 1.54) is 13.8 Å². The summed E-state index contributed by atoms with van der Waals surface area (Å²) in [6.45, 7) is 2.09. The molecular formula is C10H17NO7. The molecule has 0 aromatic rings. The zero-order valence-corrected chi connectivity index (χ0v) is 10.1. The minimum atomic E-state index is -1.49. The second-order valence-corrected chi connectivity index (χ2v) is 4.08. The Labute approximate surface area is 104 Å². The second kappa shape index (κ2) is 6.10. The first-order valence-electron chi connectivity index (χ1n) is 5.43. The molecule has 8 heteroatoms. The Bertz CT molecular complexity index is 319. The van der Waals surface area contributed by atoms with Crippen molar-refractivity contribution in [2.45, 2.75) is 44.5 Å². The maximum absolute atomic E-state index is 10.9. The van der Waals surface area contributed by atoms with Gasteiger partial charge in [0.15, 0.2) is 6.29 Å². The van der Waals surface area contributed by atoms with E-state index in [-0.39, 0.29) is 6.61 Å². The van der Waals surface area contributed by atoms with Gasteiger partial charge in [-0.1, -0.05) is 0 Å². The lowest BCUT2D eigenvalue weighted by atomic mass is 9.97. The summed E-state index contributed by atoms with van der Waals surface area (Å²) >= 11 is 0. The molecule has 0 aromatic heterocycles. The van der Waals surface area contributed by atoms with Crippen LogP contribution in [0.4, 0.5) is 0 Å². The van der Waals surface area contributed by atoms with Crippen LogP contribution in [0.1, 0.15) is 13.8 Å². The number of carbonyl (C=O) groups is 2. The first-order chi connectivity index (χ1) is 8.32. The Morgan fingerprint density at radius 2 is 1.83 bits per heavy atom. The summed E-state index contributed by atoms with van der Waals surface area (Å²) in [5, 5.41) is 31.3. The van der Waals surface area contributed by atoms with E-state index >= 15 is 0 Å². The van der Waals surface area contributed by atoms with Gasteiger partial charge in [-0.3, -0.25) is 9.59 Å². The Kier molecular flexibility index (Phi) is 5.03. The zero-order valence-electron chi connectivity index (χ0n) is 10.1. The molecule has 0 saturated carbocycles. The van der Waals surface area contributed by atoms with E-state index in [1.807, 2.05) is 0 Å². The van der Waals surface area contributed by atoms with Crippen LogP contribution >= 0.6 is 0 Å². The van der Waals surface area contributed by atoms with E-state index in [1.54, 1.807) is 0 Å². The fourth-order valence-corrected chi connectivity index (χ4v) is 1.67. The molecule has 104 valence electrons. The Balaban J connectivity index is 2.64. The summed E-state index contributed by atoms with van der Waals surface area (Å²) in [6, 6.07) is -1.13. The molecule has 8 nitrogen and oxygen atoms in total. The Morgan fingerprint density at radius 3 is 2.33 bits per heavy atom. The smallest absolute Gasteiger partial charge is 0.302 e. The monoisotopic (exact) mass is 263 g/mol. The zero-order chi connectivity index (χ0) is 13.9. The summed E-state index contributed by atoms with van der Waals surface area (Å²) in [5.41, 5.74) is 0. The highest BCUT2D eigenvalue weighted by atomic mass is 16.6. The second-order valence-electron chi connectivity index (χ2n) is 4.08. The highest BCUT2D eigenvalue weighted by molar-refractivity contribution is 5.73. The molecule has 1 fully saturated rings. The molecule has 0 bridgehead atoms. The fraction of sp³-hybridized carbons (Fsp3) is 0.800. The molecule has 1 aliphatic heterocycles. The highest BCUT2D eigenvalue weighted by Crippen LogP contribution is 2.20. The van der Waals surface area contributed by atoms with Crippen LogP contribution in [0.15, 0.2) is 0 Å². The average Bonchev–Trinajstić information content (AvgIpc) is 2.27. The van der Waals surface area contributed by atoms with E-state index in [4.69, 9.17) is 4.74 Å². The molecule has 0 aliphatic carbocycles. The molecule has 18 heavy (non-hydrogen) atoms. The fourth-order valence-electron chi connectivity index (χ4n) is 1.67. The van der Waals surface area contributed by atoms with Gasteiger partial charge in [-0.15, -0.1) is 0 Å². The normalized spacial score (nSPS) is 35.9. The van der Waals surface area contributed by atoms with Crippen molar-refractivity contribution >= 4 is 11.9 Å². The lowest BCUT2D eigenvalue weighted by Crippen LogP contribution is -2.64. The van der Waals surface area contributed by atoms with Crippen LogP contribution in [0, 0.1) is 0 Å². The van der Waals surface area contributed by atoms with Gasteiger partial charge in [-0.25, -0.2) is 0 Å². The molecule has 0 unspecified atom stereocenters. The molecule has 1 aliphatic rings. The van der Waals surface area contributed by atoms with Gasteiger partial charge in [0, 0.05) is 13.8 Å². The van der Waals surface area contributed by atoms with Crippen LogP contribution in [-0.4, -0.2) is 64.4 Å². The largest absolute Gasteiger partial charge is 0.463 e. The number of aliphatic hydroxyl groups excluding tert-OH is 3. The maximum atomic E-state index is 10.9. The van der Waals surface area contributed by atoms with Crippen LogP contribution in [-0.2, 0) is 19.1 Å². The predicted molar refractivity (Wildman–Crippen MR) is 57.1 cm³/mol. The molecule has 4 N–H and O–H groups in total. The van der Waals surface area contributed by atoms with Crippen molar-refractivity contribution in [1.82, 2.24) is 5.32 Å². The number of ether oxygens (including phenoxy) is 2. The number of rotatable bonds is 3. The van der Waals surface area contributed by atoms with Gasteiger partial charge in [0.05, 0.1) is 0 Å². The van der Waals surface area contributed by atoms with Crippen molar-refractivity contribution in [3.63, 3.8) is 0 Å². The van der Waals surface area contributed by atoms with Crippen molar-refractivity contribution in [1.29, 1.82) is 0 Å². The van der Waals surface area contributed by atoms with Gasteiger partial charge in [-0.05, 0) is 0 Å². The van der Waals surface area contributed by atoms with Crippen LogP contribution < -0.4 is 5.32 Å². The quantitative estimate of drug-likeness (QED) is 0.414. The van der Waals surface area contributed by atoms with E-state index < -0.39 is 42.5 Å². The third-order valence-corrected chi connectivity index (χ3v) is 2.54. The van der Waals surface area contributed by atoms with Gasteiger partial charge >= 0.3 is 5.97 Å². The van der Waals surface area contributed by atoms with Crippen LogP contribution in [0.5, 0.6) is 0 Å². The summed E-state index contributed by atoms with van der Waals surface area (Å²) in [6.07, 6.45) is -5.35. The number of amides is 1. The molecule has 1 heterocycles. The number of carbonyl (C=O) groups excluding carboxylic acids is 2. The minimum Gasteiger partial charge on any atom is -0.463 e. The van der Waals surface area contributed by atoms with Crippen LogP contribution in [0.3, 0.4) is 0 Å². The van der Waals surface area contributed by atoms with Crippen molar-refractivity contribution in [2.75, 3.05) is 6.61 Å². The van der Waals surface area contributed by atoms with Gasteiger partial charge in [0.25, 0.3) is 0 Å². The van der Waals surface area contributed by atoms with E-state index in [2.05, 4.69) is 10.1 Å². The van der Waals surface area contributed by atoms with Crippen molar-refractivity contribution in [2.24, 2.45) is 0 Å². The Hall–Kier alpha value is -1.22. The SMILES string of the molecule is CC(=O)N[C@@H]1[C@@H](O)[C@H](O)[C@@H](COC(C)=O)O[C@H]1O. The molecule has 5 atom stereocenters. The van der Waals surface area contributed by atoms with Crippen molar-refractivity contribution in [3.05, 3.63) is 0 Å². The third-order valence-electron chi connectivity index (χ3n) is 2.54. The molecule has 0 radical (unpaired) electrons. The molecular weight excluding hydrogens is 246 g/mol. The molecule has 0 spiro atoms. The highest BCUT2D eigenvalue weighted by Gasteiger charge is 2.44. The number of nitrogens with one attached hydrogen (secondary N) is 1. The summed E-state index contributed by atoms with van der Waals surface area (Å²) in [5.74, 6) is -1.05. The Morgan fingerprint density at radius 1 is 1.22 bits per heavy atom. The van der Waals surface area contributed by atoms with Crippen molar-refractivity contribution in [3.8, 4) is 0 Å². The molecule has 1 amide bonds. The predicted octanol–water partition coefficient (Wildman–Crippen LogP) is -2.51. The number of hydrogen-bond acceptors (Lipinski definition) is 7. The number of esters is 1. The average molecular weight is 263 g/mol. The topological polar surface area (TPSA) is 125 Å². The lowest BCUT2D eigenvalue weighted by Gasteiger charge is -2.40. The molecule has 1 rings (SSSR count). The summed E-state index contributed by atoms with van der Waals surface area (Å²) in [7, 11) is 0. The number of aliphatic hydroxyl groups is 3. The molecule has 1 saturated heterocycles. The number of hydrogen-bond donors (Lipinski definition) is 4. The van der Waals surface area contributed by atoms with Crippen LogP contribution in [0.2, 0.25) is 0 Å². The lowest BCUT2D eigenvalue weighted by molar-refractivity contribution is -0.255. The van der Waals surface area contributed by atoms with Crippen LogP contribution in [0.25, 0.3) is 0 Å². The van der Waals surface area contributed by atoms with E-state index in [9.17, 15) is 24.9 Å². The van der Waals surface area contributed by atoms with E-state index in [0.717, 1.165) is 0 Å². The van der Waals surface area contributed by atoms with Gasteiger partial charge < -0.3 is 30.1 Å². The third kappa shape index (κ3) is 3.64. The van der Waals surface area contributed by atoms with E-state index in [0.29, 0.717) is 0 Å². The van der Waals surface area contributed by atoms with Gasteiger partial charge in [-0.2, -0.15) is 0 Å². The first-order valence-corrected chi connectivity index (χ1v) is 5.43. The molecule has 0 aromatic carbocycles. The summed E-state index contributed by atoms with van der Waals surface area (Å²) < 4.78 is 9.62. The van der Waals surface area contributed by atoms with Crippen molar-refractivity contribution < 1.29 is 34.4 Å². The summed E-state index contributed by atoms with van der Waals surface area (Å²) in [4.78, 5) is 21.5. The van der Waals surface area contributed by atoms with Gasteiger partial charge in [0.2, 0.25) is 5.91 Å². The minimum absolute atomic E-state index is 0.294. The standard InChI is InChI=1S/C10H17NO7/c1-4(12)11-7-9(15)8(14)6(18-10(7)16)3-17-5(2)13/h6-10,14-16H,3H2,1-2H3,(H,11,12)/t6-,7-,8-,9-,10-/m1/s1. The first kappa shape index (κ1) is 14.8.